The molecular formula is C35H30BrF2N5O3S2. The van der Waals surface area contributed by atoms with Crippen molar-refractivity contribution in [2.24, 2.45) is 0 Å². The van der Waals surface area contributed by atoms with Crippen LogP contribution < -0.4 is 15.4 Å². The smallest absolute Gasteiger partial charge is 0.179 e. The number of nitrogens with one attached hydrogen (secondary N) is 2. The first kappa shape index (κ1) is 33.6. The predicted molar refractivity (Wildman–Crippen MR) is 188 cm³/mol. The maximum absolute atomic E-state index is 15.4. The first-order chi connectivity index (χ1) is 23.2. The summed E-state index contributed by atoms with van der Waals surface area (Å²) in [7, 11) is -3.42. The summed E-state index contributed by atoms with van der Waals surface area (Å²) in [4.78, 5) is 13.7. The van der Waals surface area contributed by atoms with Gasteiger partial charge < -0.3 is 15.4 Å². The Hall–Kier alpha value is -4.30. The van der Waals surface area contributed by atoms with Gasteiger partial charge in [-0.3, -0.25) is 0 Å². The van der Waals surface area contributed by atoms with Crippen molar-refractivity contribution in [3.63, 3.8) is 0 Å². The van der Waals surface area contributed by atoms with E-state index in [4.69, 9.17) is 9.72 Å². The second kappa shape index (κ2) is 14.9. The van der Waals surface area contributed by atoms with Gasteiger partial charge in [0.05, 0.1) is 32.4 Å². The van der Waals surface area contributed by atoms with Crippen LogP contribution in [0.5, 0.6) is 5.75 Å². The van der Waals surface area contributed by atoms with Gasteiger partial charge in [-0.25, -0.2) is 32.2 Å². The summed E-state index contributed by atoms with van der Waals surface area (Å²) in [5.74, 6) is 0.212. The average molecular weight is 751 g/mol. The highest BCUT2D eigenvalue weighted by Gasteiger charge is 2.20. The van der Waals surface area contributed by atoms with Gasteiger partial charge >= 0.3 is 0 Å². The molecule has 0 radical (unpaired) electrons. The molecule has 0 bridgehead atoms. The topological polar surface area (TPSA) is 106 Å². The predicted octanol–water partition coefficient (Wildman–Crippen LogP) is 8.63. The summed E-state index contributed by atoms with van der Waals surface area (Å²) in [6, 6.07) is 22.9. The minimum atomic E-state index is -3.42. The number of fused-ring (bicyclic) bond motifs is 1. The molecule has 0 aliphatic heterocycles. The van der Waals surface area contributed by atoms with Crippen LogP contribution in [0.25, 0.3) is 22.2 Å². The lowest BCUT2D eigenvalue weighted by atomic mass is 10.1. The van der Waals surface area contributed by atoms with E-state index in [-0.39, 0.29) is 35.7 Å². The Morgan fingerprint density at radius 3 is 2.58 bits per heavy atom. The van der Waals surface area contributed by atoms with Gasteiger partial charge in [0.25, 0.3) is 0 Å². The van der Waals surface area contributed by atoms with E-state index in [9.17, 15) is 12.8 Å². The standard InChI is InChI=1S/C35H30BrF2N5O3S2/c1-2-30(39-13-14-48(44,45)25-9-4-3-5-10-25)35-43-32(20-47-35)26-17-27-31(18-29(26)38)40-21-41-34(27)42-24-11-12-33(28(36)16-24)46-19-22-7-6-8-23(37)15-22/h3-12,15-18,20-21,30,39H,2,13-14,19H2,1H3,(H,40,41,42). The molecule has 4 aromatic carbocycles. The average Bonchev–Trinajstić information content (AvgIpc) is 3.56. The van der Waals surface area contributed by atoms with Crippen molar-refractivity contribution in [2.45, 2.75) is 30.9 Å². The molecule has 0 spiro atoms. The zero-order chi connectivity index (χ0) is 33.7. The van der Waals surface area contributed by atoms with E-state index in [2.05, 4.69) is 36.5 Å². The molecule has 2 N–H and O–H groups in total. The third-order valence-electron chi connectivity index (χ3n) is 7.57. The van der Waals surface area contributed by atoms with Gasteiger partial charge in [0.1, 0.15) is 41.1 Å². The van der Waals surface area contributed by atoms with Crippen molar-refractivity contribution < 1.29 is 21.9 Å². The number of thiazole rings is 1. The van der Waals surface area contributed by atoms with Crippen LogP contribution in [0.4, 0.5) is 20.3 Å². The van der Waals surface area contributed by atoms with Gasteiger partial charge in [0.2, 0.25) is 0 Å². The van der Waals surface area contributed by atoms with Crippen LogP contribution in [0.2, 0.25) is 0 Å². The summed E-state index contributed by atoms with van der Waals surface area (Å²) in [5.41, 5.74) is 2.59. The number of hydrogen-bond donors (Lipinski definition) is 2. The van der Waals surface area contributed by atoms with E-state index in [1.54, 1.807) is 60.0 Å². The van der Waals surface area contributed by atoms with E-state index in [1.165, 1.54) is 35.9 Å². The number of ether oxygens (including phenoxy) is 1. The van der Waals surface area contributed by atoms with Gasteiger partial charge in [-0.15, -0.1) is 11.3 Å². The normalized spacial score (nSPS) is 12.2. The molecule has 0 fully saturated rings. The summed E-state index contributed by atoms with van der Waals surface area (Å²) in [6.45, 7) is 2.44. The molecule has 0 saturated carbocycles. The van der Waals surface area contributed by atoms with E-state index < -0.39 is 15.7 Å². The molecule has 6 rings (SSSR count). The Kier molecular flexibility index (Phi) is 10.4. The fourth-order valence-corrected chi connectivity index (χ4v) is 7.75. The zero-order valence-corrected chi connectivity index (χ0v) is 28.9. The Morgan fingerprint density at radius 2 is 1.81 bits per heavy atom. The zero-order valence-electron chi connectivity index (χ0n) is 25.7. The molecule has 2 aromatic heterocycles. The van der Waals surface area contributed by atoms with Crippen LogP contribution in [0.15, 0.2) is 106 Å². The lowest BCUT2D eigenvalue weighted by Crippen LogP contribution is -2.27. The largest absolute Gasteiger partial charge is 0.488 e. The highest BCUT2D eigenvalue weighted by Crippen LogP contribution is 2.35. The van der Waals surface area contributed by atoms with Crippen molar-refractivity contribution in [1.82, 2.24) is 20.3 Å². The number of benzene rings is 4. The Labute approximate surface area is 289 Å². The first-order valence-electron chi connectivity index (χ1n) is 15.0. The van der Waals surface area contributed by atoms with Gasteiger partial charge in [0.15, 0.2) is 9.84 Å². The molecule has 1 unspecified atom stereocenters. The highest BCUT2D eigenvalue weighted by molar-refractivity contribution is 9.10. The van der Waals surface area contributed by atoms with E-state index >= 15 is 4.39 Å². The first-order valence-corrected chi connectivity index (χ1v) is 18.4. The van der Waals surface area contributed by atoms with Crippen LogP contribution in [0, 0.1) is 11.6 Å². The fourth-order valence-electron chi connectivity index (χ4n) is 5.08. The minimum absolute atomic E-state index is 0.0535. The Morgan fingerprint density at radius 1 is 0.979 bits per heavy atom. The van der Waals surface area contributed by atoms with Crippen LogP contribution in [0.1, 0.15) is 30.0 Å². The van der Waals surface area contributed by atoms with Crippen LogP contribution >= 0.6 is 27.3 Å². The molecule has 6 aromatic rings. The molecule has 0 amide bonds. The van der Waals surface area contributed by atoms with E-state index in [0.29, 0.717) is 55.9 Å². The van der Waals surface area contributed by atoms with Crippen molar-refractivity contribution in [1.29, 1.82) is 0 Å². The summed E-state index contributed by atoms with van der Waals surface area (Å²) in [6.07, 6.45) is 2.04. The Balaban J connectivity index is 1.17. The Bertz CT molecular complexity index is 2170. The third-order valence-corrected chi connectivity index (χ3v) is 10.9. The third kappa shape index (κ3) is 7.87. The maximum atomic E-state index is 15.4. The number of halogens is 3. The molecule has 8 nitrogen and oxygen atoms in total. The number of anilines is 2. The van der Waals surface area contributed by atoms with Crippen molar-refractivity contribution in [3.05, 3.63) is 123 Å². The molecule has 0 aliphatic rings. The lowest BCUT2D eigenvalue weighted by molar-refractivity contribution is 0.303. The molecular weight excluding hydrogens is 720 g/mol. The number of nitrogens with zero attached hydrogens (tertiary/aromatic N) is 3. The molecule has 48 heavy (non-hydrogen) atoms. The second-order valence-corrected chi connectivity index (χ2v) is 14.7. The van der Waals surface area contributed by atoms with Crippen molar-refractivity contribution >= 4 is 59.5 Å². The summed E-state index contributed by atoms with van der Waals surface area (Å²) in [5, 5.41) is 9.71. The van der Waals surface area contributed by atoms with E-state index in [0.717, 1.165) is 5.01 Å². The molecule has 0 saturated heterocycles. The molecule has 246 valence electrons. The van der Waals surface area contributed by atoms with Crippen molar-refractivity contribution in [2.75, 3.05) is 17.6 Å². The van der Waals surface area contributed by atoms with Crippen LogP contribution in [-0.2, 0) is 16.4 Å². The molecule has 0 aliphatic carbocycles. The number of rotatable bonds is 13. The maximum Gasteiger partial charge on any atom is 0.179 e. The summed E-state index contributed by atoms with van der Waals surface area (Å²) < 4.78 is 60.9. The minimum Gasteiger partial charge on any atom is -0.488 e. The SMILES string of the molecule is CCC(NCCS(=O)(=O)c1ccccc1)c1nc(-c2cc3c(Nc4ccc(OCc5cccc(F)c5)c(Br)c4)ncnc3cc2F)cs1. The van der Waals surface area contributed by atoms with Crippen LogP contribution in [-0.4, -0.2) is 35.7 Å². The second-order valence-electron chi connectivity index (χ2n) is 10.9. The number of hydrogen-bond acceptors (Lipinski definition) is 9. The fraction of sp³-hybridized carbons (Fsp3) is 0.171. The van der Waals surface area contributed by atoms with Gasteiger partial charge in [-0.05, 0) is 76.4 Å². The molecule has 13 heteroatoms. The number of sulfone groups is 1. The van der Waals surface area contributed by atoms with Gasteiger partial charge in [-0.2, -0.15) is 0 Å². The molecule has 1 atom stereocenters. The van der Waals surface area contributed by atoms with Gasteiger partial charge in [0, 0.05) is 34.6 Å². The summed E-state index contributed by atoms with van der Waals surface area (Å²) >= 11 is 4.93. The lowest BCUT2D eigenvalue weighted by Gasteiger charge is -2.14. The van der Waals surface area contributed by atoms with E-state index in [1.807, 2.05) is 19.1 Å². The van der Waals surface area contributed by atoms with Gasteiger partial charge in [-0.1, -0.05) is 37.3 Å². The highest BCUT2D eigenvalue weighted by atomic mass is 79.9. The van der Waals surface area contributed by atoms with Crippen molar-refractivity contribution in [3.8, 4) is 17.0 Å². The van der Waals surface area contributed by atoms with Crippen LogP contribution in [0.3, 0.4) is 0 Å². The molecule has 2 heterocycles. The monoisotopic (exact) mass is 749 g/mol. The quantitative estimate of drug-likeness (QED) is 0.121. The number of aromatic nitrogens is 3.